The lowest BCUT2D eigenvalue weighted by molar-refractivity contribution is -0.127. The van der Waals surface area contributed by atoms with Gasteiger partial charge in [-0.15, -0.1) is 0 Å². The van der Waals surface area contributed by atoms with Gasteiger partial charge in [0.2, 0.25) is 0 Å². The maximum absolute atomic E-state index is 11.7. The molecule has 5 heteroatoms. The number of aromatic carboxylic acids is 1. The number of amides is 1. The highest BCUT2D eigenvalue weighted by atomic mass is 16.5. The first-order chi connectivity index (χ1) is 8.90. The van der Waals surface area contributed by atoms with Gasteiger partial charge in [0.25, 0.3) is 5.91 Å². The number of carboxylic acids is 1. The first-order valence-electron chi connectivity index (χ1n) is 6.18. The van der Waals surface area contributed by atoms with E-state index >= 15 is 0 Å². The van der Waals surface area contributed by atoms with Gasteiger partial charge in [0.05, 0.1) is 5.56 Å². The van der Waals surface area contributed by atoms with Crippen LogP contribution in [0.2, 0.25) is 0 Å². The largest absolute Gasteiger partial charge is 0.481 e. The molecule has 1 rings (SSSR count). The summed E-state index contributed by atoms with van der Waals surface area (Å²) in [5, 5.41) is 11.5. The van der Waals surface area contributed by atoms with Crippen molar-refractivity contribution in [3.8, 4) is 5.75 Å². The van der Waals surface area contributed by atoms with Crippen LogP contribution in [0.3, 0.4) is 0 Å². The van der Waals surface area contributed by atoms with Crippen molar-refractivity contribution in [1.82, 2.24) is 5.32 Å². The smallest absolute Gasteiger partial charge is 0.335 e. The van der Waals surface area contributed by atoms with Gasteiger partial charge in [-0.05, 0) is 37.1 Å². The standard InChI is InChI=1S/C14H19NO4/c1-9(2)8-15-13(16)10(3)19-12-6-4-11(5-7-12)14(17)18/h4-7,9-10H,8H2,1-3H3,(H,15,16)(H,17,18). The quantitative estimate of drug-likeness (QED) is 0.824. The Hall–Kier alpha value is -2.04. The zero-order valence-corrected chi connectivity index (χ0v) is 11.3. The molecule has 104 valence electrons. The summed E-state index contributed by atoms with van der Waals surface area (Å²) in [6.45, 7) is 6.28. The average Bonchev–Trinajstić information content (AvgIpc) is 2.36. The van der Waals surface area contributed by atoms with Crippen LogP contribution < -0.4 is 10.1 Å². The predicted octanol–water partition coefficient (Wildman–Crippen LogP) is 1.92. The Labute approximate surface area is 112 Å². The van der Waals surface area contributed by atoms with Gasteiger partial charge in [-0.2, -0.15) is 0 Å². The Morgan fingerprint density at radius 2 is 1.79 bits per heavy atom. The van der Waals surface area contributed by atoms with E-state index in [4.69, 9.17) is 9.84 Å². The molecule has 0 aromatic heterocycles. The Morgan fingerprint density at radius 3 is 2.26 bits per heavy atom. The highest BCUT2D eigenvalue weighted by Gasteiger charge is 2.14. The van der Waals surface area contributed by atoms with E-state index in [0.29, 0.717) is 18.2 Å². The van der Waals surface area contributed by atoms with Crippen molar-refractivity contribution in [2.24, 2.45) is 5.92 Å². The summed E-state index contributed by atoms with van der Waals surface area (Å²) >= 11 is 0. The first-order valence-corrected chi connectivity index (χ1v) is 6.18. The molecule has 0 fully saturated rings. The minimum Gasteiger partial charge on any atom is -0.481 e. The number of carboxylic acid groups (broad SMARTS) is 1. The van der Waals surface area contributed by atoms with Crippen molar-refractivity contribution in [1.29, 1.82) is 0 Å². The molecule has 1 amide bonds. The van der Waals surface area contributed by atoms with E-state index in [9.17, 15) is 9.59 Å². The van der Waals surface area contributed by atoms with Crippen LogP contribution in [-0.2, 0) is 4.79 Å². The highest BCUT2D eigenvalue weighted by Crippen LogP contribution is 2.14. The number of carbonyl (C=O) groups excluding carboxylic acids is 1. The van der Waals surface area contributed by atoms with Crippen molar-refractivity contribution in [2.75, 3.05) is 6.54 Å². The normalized spacial score (nSPS) is 12.0. The summed E-state index contributed by atoms with van der Waals surface area (Å²) in [5.74, 6) is -0.325. The number of carbonyl (C=O) groups is 2. The number of benzene rings is 1. The molecule has 0 aliphatic heterocycles. The number of hydrogen-bond acceptors (Lipinski definition) is 3. The van der Waals surface area contributed by atoms with Gasteiger partial charge >= 0.3 is 5.97 Å². The molecule has 19 heavy (non-hydrogen) atoms. The van der Waals surface area contributed by atoms with E-state index in [-0.39, 0.29) is 11.5 Å². The van der Waals surface area contributed by atoms with Gasteiger partial charge in [-0.3, -0.25) is 4.79 Å². The van der Waals surface area contributed by atoms with Crippen molar-refractivity contribution >= 4 is 11.9 Å². The van der Waals surface area contributed by atoms with Crippen LogP contribution in [0.25, 0.3) is 0 Å². The average molecular weight is 265 g/mol. The lowest BCUT2D eigenvalue weighted by Crippen LogP contribution is -2.38. The number of hydrogen-bond donors (Lipinski definition) is 2. The van der Waals surface area contributed by atoms with Crippen LogP contribution in [0.15, 0.2) is 24.3 Å². The second kappa shape index (κ2) is 6.78. The van der Waals surface area contributed by atoms with Crippen molar-refractivity contribution in [3.63, 3.8) is 0 Å². The number of ether oxygens (including phenoxy) is 1. The van der Waals surface area contributed by atoms with E-state index in [1.165, 1.54) is 24.3 Å². The molecule has 0 aliphatic rings. The Balaban J connectivity index is 2.54. The maximum atomic E-state index is 11.7. The van der Waals surface area contributed by atoms with Crippen molar-refractivity contribution in [3.05, 3.63) is 29.8 Å². The summed E-state index contributed by atoms with van der Waals surface area (Å²) in [6.07, 6.45) is -0.616. The predicted molar refractivity (Wildman–Crippen MR) is 71.3 cm³/mol. The lowest BCUT2D eigenvalue weighted by Gasteiger charge is -2.15. The van der Waals surface area contributed by atoms with Crippen LogP contribution in [0.4, 0.5) is 0 Å². The molecular weight excluding hydrogens is 246 g/mol. The Morgan fingerprint density at radius 1 is 1.21 bits per heavy atom. The maximum Gasteiger partial charge on any atom is 0.335 e. The monoisotopic (exact) mass is 265 g/mol. The van der Waals surface area contributed by atoms with Gasteiger partial charge < -0.3 is 15.2 Å². The van der Waals surface area contributed by atoms with Crippen LogP contribution in [0.5, 0.6) is 5.75 Å². The fourth-order valence-electron chi connectivity index (χ4n) is 1.38. The van der Waals surface area contributed by atoms with Gasteiger partial charge in [-0.25, -0.2) is 4.79 Å². The molecule has 2 N–H and O–H groups in total. The minimum atomic E-state index is -0.991. The van der Waals surface area contributed by atoms with Crippen molar-refractivity contribution < 1.29 is 19.4 Å². The number of rotatable bonds is 6. The van der Waals surface area contributed by atoms with Gasteiger partial charge in [-0.1, -0.05) is 13.8 Å². The fraction of sp³-hybridized carbons (Fsp3) is 0.429. The molecule has 1 aromatic carbocycles. The third kappa shape index (κ3) is 4.99. The van der Waals surface area contributed by atoms with E-state index in [0.717, 1.165) is 0 Å². The van der Waals surface area contributed by atoms with Gasteiger partial charge in [0.15, 0.2) is 6.10 Å². The zero-order valence-electron chi connectivity index (χ0n) is 11.3. The van der Waals surface area contributed by atoms with Gasteiger partial charge in [0.1, 0.15) is 5.75 Å². The molecule has 0 heterocycles. The van der Waals surface area contributed by atoms with Gasteiger partial charge in [0, 0.05) is 6.54 Å². The third-order valence-electron chi connectivity index (χ3n) is 2.47. The molecule has 1 unspecified atom stereocenters. The molecule has 0 spiro atoms. The molecule has 0 bridgehead atoms. The second-order valence-corrected chi connectivity index (χ2v) is 4.73. The third-order valence-corrected chi connectivity index (χ3v) is 2.47. The zero-order chi connectivity index (χ0) is 14.4. The topological polar surface area (TPSA) is 75.6 Å². The molecule has 0 saturated heterocycles. The molecule has 5 nitrogen and oxygen atoms in total. The molecule has 0 saturated carbocycles. The summed E-state index contributed by atoms with van der Waals surface area (Å²) < 4.78 is 5.44. The van der Waals surface area contributed by atoms with E-state index in [2.05, 4.69) is 5.32 Å². The van der Waals surface area contributed by atoms with Crippen LogP contribution >= 0.6 is 0 Å². The minimum absolute atomic E-state index is 0.184. The lowest BCUT2D eigenvalue weighted by atomic mass is 10.2. The summed E-state index contributed by atoms with van der Waals surface area (Å²) in [7, 11) is 0. The SMILES string of the molecule is CC(C)CNC(=O)C(C)Oc1ccc(C(=O)O)cc1. The molecule has 1 atom stereocenters. The Bertz CT molecular complexity index is 439. The number of nitrogens with one attached hydrogen (secondary N) is 1. The summed E-state index contributed by atoms with van der Waals surface area (Å²) in [4.78, 5) is 22.4. The van der Waals surface area contributed by atoms with Crippen LogP contribution in [0.1, 0.15) is 31.1 Å². The molecule has 0 aliphatic carbocycles. The molecule has 0 radical (unpaired) electrons. The van der Waals surface area contributed by atoms with E-state index < -0.39 is 12.1 Å². The van der Waals surface area contributed by atoms with E-state index in [1.54, 1.807) is 6.92 Å². The van der Waals surface area contributed by atoms with E-state index in [1.807, 2.05) is 13.8 Å². The summed E-state index contributed by atoms with van der Waals surface area (Å²) in [6, 6.07) is 5.96. The molecule has 1 aromatic rings. The highest BCUT2D eigenvalue weighted by molar-refractivity contribution is 5.87. The fourth-order valence-corrected chi connectivity index (χ4v) is 1.38. The first kappa shape index (κ1) is 15.0. The van der Waals surface area contributed by atoms with Crippen molar-refractivity contribution in [2.45, 2.75) is 26.9 Å². The summed E-state index contributed by atoms with van der Waals surface area (Å²) in [5.41, 5.74) is 0.185. The second-order valence-electron chi connectivity index (χ2n) is 4.73. The van der Waals surface area contributed by atoms with Crippen LogP contribution in [0, 0.1) is 5.92 Å². The van der Waals surface area contributed by atoms with Crippen LogP contribution in [-0.4, -0.2) is 29.6 Å². The molecular formula is C14H19NO4. The Kier molecular flexibility index (Phi) is 5.36.